The van der Waals surface area contributed by atoms with E-state index >= 15 is 0 Å². The maximum absolute atomic E-state index is 11.4. The van der Waals surface area contributed by atoms with E-state index in [-0.39, 0.29) is 12.1 Å². The van der Waals surface area contributed by atoms with Gasteiger partial charge in [0.05, 0.1) is 6.21 Å². The van der Waals surface area contributed by atoms with Crippen molar-refractivity contribution in [3.8, 4) is 0 Å². The Kier molecular flexibility index (Phi) is 5.78. The molecule has 2 atom stereocenters. The van der Waals surface area contributed by atoms with Crippen molar-refractivity contribution in [2.45, 2.75) is 51.6 Å². The molecule has 1 aromatic carbocycles. The van der Waals surface area contributed by atoms with Crippen LogP contribution in [0.2, 0.25) is 0 Å². The summed E-state index contributed by atoms with van der Waals surface area (Å²) in [4.78, 5) is 11.4. The Hall–Kier alpha value is -1.84. The fourth-order valence-corrected chi connectivity index (χ4v) is 2.83. The van der Waals surface area contributed by atoms with Crippen LogP contribution >= 0.6 is 0 Å². The number of nitrogens with two attached hydrogens (primary N) is 1. The molecule has 1 saturated heterocycles. The van der Waals surface area contributed by atoms with Crippen molar-refractivity contribution in [1.82, 2.24) is 0 Å². The third-order valence-corrected chi connectivity index (χ3v) is 3.92. The van der Waals surface area contributed by atoms with Gasteiger partial charge in [0.15, 0.2) is 0 Å². The number of ether oxygens (including phenoxy) is 1. The highest BCUT2D eigenvalue weighted by Crippen LogP contribution is 2.24. The van der Waals surface area contributed by atoms with Crippen LogP contribution in [0.25, 0.3) is 0 Å². The molecule has 1 aliphatic rings. The van der Waals surface area contributed by atoms with Gasteiger partial charge in [0.2, 0.25) is 0 Å². The molecule has 0 aliphatic carbocycles. The Labute approximate surface area is 126 Å². The quantitative estimate of drug-likeness (QED) is 0.288. The van der Waals surface area contributed by atoms with Crippen LogP contribution in [0, 0.1) is 5.92 Å². The molecular formula is C17H24N2O2. The summed E-state index contributed by atoms with van der Waals surface area (Å²) >= 11 is 0. The maximum Gasteiger partial charge on any atom is 0.306 e. The van der Waals surface area contributed by atoms with E-state index in [0.29, 0.717) is 12.3 Å². The lowest BCUT2D eigenvalue weighted by molar-refractivity contribution is -0.156. The van der Waals surface area contributed by atoms with Crippen LogP contribution in [-0.2, 0) is 16.0 Å². The lowest BCUT2D eigenvalue weighted by Gasteiger charge is -2.26. The Morgan fingerprint density at radius 3 is 2.76 bits per heavy atom. The molecule has 114 valence electrons. The molecule has 2 unspecified atom stereocenters. The van der Waals surface area contributed by atoms with Crippen LogP contribution in [0.1, 0.15) is 50.2 Å². The summed E-state index contributed by atoms with van der Waals surface area (Å²) < 4.78 is 5.39. The molecule has 1 aromatic rings. The molecule has 4 nitrogen and oxygen atoms in total. The van der Waals surface area contributed by atoms with Crippen molar-refractivity contribution >= 4 is 12.2 Å². The third kappa shape index (κ3) is 5.21. The summed E-state index contributed by atoms with van der Waals surface area (Å²) in [5, 5.41) is 3.51. The van der Waals surface area contributed by atoms with Crippen molar-refractivity contribution in [2.75, 3.05) is 0 Å². The van der Waals surface area contributed by atoms with E-state index in [0.717, 1.165) is 37.7 Å². The highest BCUT2D eigenvalue weighted by Gasteiger charge is 2.25. The van der Waals surface area contributed by atoms with Gasteiger partial charge in [-0.2, -0.15) is 5.10 Å². The number of nitrogens with zero attached hydrogens (tertiary/aromatic N) is 1. The van der Waals surface area contributed by atoms with Gasteiger partial charge >= 0.3 is 5.97 Å². The smallest absolute Gasteiger partial charge is 0.306 e. The molecule has 0 amide bonds. The number of hydrogen-bond donors (Lipinski definition) is 1. The summed E-state index contributed by atoms with van der Waals surface area (Å²) in [7, 11) is 0. The average Bonchev–Trinajstić information content (AvgIpc) is 2.45. The summed E-state index contributed by atoms with van der Waals surface area (Å²) in [5.74, 6) is 5.55. The van der Waals surface area contributed by atoms with Gasteiger partial charge in [0.1, 0.15) is 6.10 Å². The highest BCUT2D eigenvalue weighted by molar-refractivity contribution is 5.79. The molecule has 0 bridgehead atoms. The number of carbonyl (C=O) groups is 1. The molecule has 2 N–H and O–H groups in total. The Morgan fingerprint density at radius 2 is 2.10 bits per heavy atom. The van der Waals surface area contributed by atoms with Crippen molar-refractivity contribution in [2.24, 2.45) is 16.9 Å². The molecule has 1 heterocycles. The third-order valence-electron chi connectivity index (χ3n) is 3.92. The lowest BCUT2D eigenvalue weighted by Crippen LogP contribution is -2.28. The summed E-state index contributed by atoms with van der Waals surface area (Å²) in [6.07, 6.45) is 7.61. The Bertz CT molecular complexity index is 482. The number of carbonyl (C=O) groups excluding carboxylic acids is 1. The van der Waals surface area contributed by atoms with E-state index in [4.69, 9.17) is 10.6 Å². The molecule has 2 rings (SSSR count). The van der Waals surface area contributed by atoms with Crippen LogP contribution in [0.3, 0.4) is 0 Å². The zero-order valence-corrected chi connectivity index (χ0v) is 12.6. The minimum absolute atomic E-state index is 0.0316. The number of rotatable bonds is 6. The normalized spacial score (nSPS) is 22.4. The number of hydrogen-bond acceptors (Lipinski definition) is 4. The first-order valence-electron chi connectivity index (χ1n) is 7.69. The van der Waals surface area contributed by atoms with Gasteiger partial charge in [-0.3, -0.25) is 4.79 Å². The summed E-state index contributed by atoms with van der Waals surface area (Å²) in [6.45, 7) is 2.12. The number of benzene rings is 1. The van der Waals surface area contributed by atoms with Crippen molar-refractivity contribution in [3.05, 3.63) is 35.4 Å². The van der Waals surface area contributed by atoms with Crippen LogP contribution in [-0.4, -0.2) is 18.3 Å². The number of unbranched alkanes of at least 4 members (excludes halogenated alkanes) is 1. The first kappa shape index (κ1) is 15.5. The van der Waals surface area contributed by atoms with Crippen LogP contribution in [0.4, 0.5) is 0 Å². The largest absolute Gasteiger partial charge is 0.462 e. The molecule has 4 heteroatoms. The lowest BCUT2D eigenvalue weighted by atomic mass is 9.94. The van der Waals surface area contributed by atoms with Crippen LogP contribution in [0.5, 0.6) is 0 Å². The van der Waals surface area contributed by atoms with Crippen molar-refractivity contribution < 1.29 is 9.53 Å². The zero-order valence-electron chi connectivity index (χ0n) is 12.6. The SMILES string of the molecule is CC1CC(=O)OC(CCCCc2ccc(C=NN)cc2)C1. The highest BCUT2D eigenvalue weighted by atomic mass is 16.5. The van der Waals surface area contributed by atoms with Crippen LogP contribution in [0.15, 0.2) is 29.4 Å². The standard InChI is InChI=1S/C17H24N2O2/c1-13-10-16(21-17(20)11-13)5-3-2-4-14-6-8-15(9-7-14)12-19-18/h6-9,12-13,16H,2-5,10-11,18H2,1H3. The second-order valence-corrected chi connectivity index (χ2v) is 5.92. The molecule has 0 radical (unpaired) electrons. The van der Waals surface area contributed by atoms with E-state index in [1.807, 2.05) is 12.1 Å². The molecule has 21 heavy (non-hydrogen) atoms. The number of esters is 1. The first-order chi connectivity index (χ1) is 10.2. The first-order valence-corrected chi connectivity index (χ1v) is 7.69. The Morgan fingerprint density at radius 1 is 1.33 bits per heavy atom. The van der Waals surface area contributed by atoms with Gasteiger partial charge < -0.3 is 10.6 Å². The zero-order chi connectivity index (χ0) is 15.1. The van der Waals surface area contributed by atoms with Gasteiger partial charge in [0.25, 0.3) is 0 Å². The van der Waals surface area contributed by atoms with E-state index in [1.165, 1.54) is 5.56 Å². The van der Waals surface area contributed by atoms with Crippen molar-refractivity contribution in [3.63, 3.8) is 0 Å². The number of hydrazone groups is 1. The number of aryl methyl sites for hydroxylation is 1. The predicted octanol–water partition coefficient (Wildman–Crippen LogP) is 3.03. The predicted molar refractivity (Wildman–Crippen MR) is 84.1 cm³/mol. The minimum Gasteiger partial charge on any atom is -0.462 e. The second kappa shape index (κ2) is 7.81. The molecule has 0 saturated carbocycles. The average molecular weight is 288 g/mol. The van der Waals surface area contributed by atoms with Gasteiger partial charge in [-0.05, 0) is 49.1 Å². The molecule has 1 fully saturated rings. The van der Waals surface area contributed by atoms with E-state index in [1.54, 1.807) is 6.21 Å². The molecule has 0 aromatic heterocycles. The monoisotopic (exact) mass is 288 g/mol. The Balaban J connectivity index is 1.68. The molecule has 0 spiro atoms. The maximum atomic E-state index is 11.4. The number of cyclic esters (lactones) is 1. The van der Waals surface area contributed by atoms with E-state index in [2.05, 4.69) is 24.2 Å². The fourth-order valence-electron chi connectivity index (χ4n) is 2.83. The van der Waals surface area contributed by atoms with Gasteiger partial charge in [-0.1, -0.05) is 31.2 Å². The summed E-state index contributed by atoms with van der Waals surface area (Å²) in [6, 6.07) is 8.27. The topological polar surface area (TPSA) is 64.7 Å². The second-order valence-electron chi connectivity index (χ2n) is 5.92. The van der Waals surface area contributed by atoms with Crippen LogP contribution < -0.4 is 5.84 Å². The molecule has 1 aliphatic heterocycles. The minimum atomic E-state index is -0.0316. The summed E-state index contributed by atoms with van der Waals surface area (Å²) in [5.41, 5.74) is 2.34. The van der Waals surface area contributed by atoms with Crippen molar-refractivity contribution in [1.29, 1.82) is 0 Å². The fraction of sp³-hybridized carbons (Fsp3) is 0.529. The van der Waals surface area contributed by atoms with E-state index in [9.17, 15) is 4.79 Å². The van der Waals surface area contributed by atoms with Gasteiger partial charge in [-0.15, -0.1) is 0 Å². The van der Waals surface area contributed by atoms with Gasteiger partial charge in [-0.25, -0.2) is 0 Å². The van der Waals surface area contributed by atoms with Gasteiger partial charge in [0, 0.05) is 6.42 Å². The van der Waals surface area contributed by atoms with E-state index < -0.39 is 0 Å². The molecular weight excluding hydrogens is 264 g/mol.